The topological polar surface area (TPSA) is 55.4 Å². The van der Waals surface area contributed by atoms with E-state index >= 15 is 0 Å². The van der Waals surface area contributed by atoms with E-state index in [-0.39, 0.29) is 18.1 Å². The molecule has 5 heteroatoms. The van der Waals surface area contributed by atoms with Crippen LogP contribution in [-0.4, -0.2) is 25.0 Å². The lowest BCUT2D eigenvalue weighted by atomic mass is 9.92. The van der Waals surface area contributed by atoms with Crippen LogP contribution in [0.5, 0.6) is 0 Å². The first-order valence-electron chi connectivity index (χ1n) is 10.1. The summed E-state index contributed by atoms with van der Waals surface area (Å²) in [5.74, 6) is -1.20. The zero-order valence-electron chi connectivity index (χ0n) is 17.1. The van der Waals surface area contributed by atoms with Crippen LogP contribution in [0, 0.1) is 5.82 Å². The first-order chi connectivity index (χ1) is 15.0. The van der Waals surface area contributed by atoms with Gasteiger partial charge in [0.2, 0.25) is 5.91 Å². The number of methoxy groups -OCH3 is 1. The molecular formula is C26H22FNO3. The molecule has 0 saturated heterocycles. The van der Waals surface area contributed by atoms with Crippen LogP contribution in [0.15, 0.2) is 78.9 Å². The minimum absolute atomic E-state index is 0.0457. The maximum atomic E-state index is 13.1. The highest BCUT2D eigenvalue weighted by molar-refractivity contribution is 6.02. The number of halogens is 1. The summed E-state index contributed by atoms with van der Waals surface area (Å²) in [5, 5.41) is 7.00. The molecule has 4 aromatic carbocycles. The number of esters is 1. The molecule has 156 valence electrons. The van der Waals surface area contributed by atoms with Crippen LogP contribution in [0.1, 0.15) is 11.1 Å². The monoisotopic (exact) mass is 415 g/mol. The van der Waals surface area contributed by atoms with Crippen LogP contribution in [0.3, 0.4) is 0 Å². The van der Waals surface area contributed by atoms with Crippen LogP contribution in [0.2, 0.25) is 0 Å². The van der Waals surface area contributed by atoms with Crippen molar-refractivity contribution in [2.75, 3.05) is 7.11 Å². The lowest BCUT2D eigenvalue weighted by molar-refractivity contribution is -0.145. The van der Waals surface area contributed by atoms with Crippen molar-refractivity contribution in [2.24, 2.45) is 0 Å². The van der Waals surface area contributed by atoms with Gasteiger partial charge in [-0.1, -0.05) is 60.7 Å². The summed E-state index contributed by atoms with van der Waals surface area (Å²) < 4.78 is 18.1. The van der Waals surface area contributed by atoms with E-state index in [4.69, 9.17) is 4.74 Å². The number of amides is 1. The molecule has 0 aliphatic heterocycles. The van der Waals surface area contributed by atoms with Crippen molar-refractivity contribution in [3.05, 3.63) is 95.8 Å². The lowest BCUT2D eigenvalue weighted by Crippen LogP contribution is -2.43. The first-order valence-corrected chi connectivity index (χ1v) is 10.1. The summed E-state index contributed by atoms with van der Waals surface area (Å²) in [6.45, 7) is 0. The van der Waals surface area contributed by atoms with E-state index < -0.39 is 12.0 Å². The van der Waals surface area contributed by atoms with Crippen molar-refractivity contribution in [1.82, 2.24) is 5.32 Å². The third-order valence-corrected chi connectivity index (χ3v) is 5.39. The molecule has 1 N–H and O–H groups in total. The van der Waals surface area contributed by atoms with Crippen molar-refractivity contribution >= 4 is 33.4 Å². The number of carbonyl (C=O) groups is 2. The Morgan fingerprint density at radius 2 is 1.48 bits per heavy atom. The quantitative estimate of drug-likeness (QED) is 0.371. The van der Waals surface area contributed by atoms with E-state index in [1.54, 1.807) is 12.1 Å². The van der Waals surface area contributed by atoms with Crippen molar-refractivity contribution < 1.29 is 18.7 Å². The number of fused-ring (bicyclic) bond motifs is 2. The number of benzene rings is 4. The van der Waals surface area contributed by atoms with Gasteiger partial charge in [0.15, 0.2) is 0 Å². The number of ether oxygens (including phenoxy) is 1. The van der Waals surface area contributed by atoms with E-state index in [1.807, 2.05) is 48.5 Å². The molecule has 0 heterocycles. The van der Waals surface area contributed by atoms with Crippen molar-refractivity contribution in [3.63, 3.8) is 0 Å². The minimum Gasteiger partial charge on any atom is -0.467 e. The zero-order valence-corrected chi connectivity index (χ0v) is 17.1. The number of nitrogens with one attached hydrogen (secondary N) is 1. The Morgan fingerprint density at radius 1 is 0.903 bits per heavy atom. The van der Waals surface area contributed by atoms with Crippen molar-refractivity contribution in [3.8, 4) is 0 Å². The Hall–Kier alpha value is -3.73. The molecule has 1 atom stereocenters. The van der Waals surface area contributed by atoms with Gasteiger partial charge in [-0.2, -0.15) is 0 Å². The van der Waals surface area contributed by atoms with Gasteiger partial charge in [-0.05, 0) is 50.9 Å². The second-order valence-electron chi connectivity index (χ2n) is 7.45. The molecule has 0 aliphatic carbocycles. The standard InChI is InChI=1S/C26H22FNO3/c1-31-26(30)24(28-25(29)14-17-10-12-20(27)13-11-17)16-23-21-8-4-2-6-18(21)15-19-7-3-5-9-22(19)23/h2-13,15,24H,14,16H2,1H3,(H,28,29)/t24-/m0/s1. The third kappa shape index (κ3) is 4.56. The molecule has 4 nitrogen and oxygen atoms in total. The van der Waals surface area contributed by atoms with Gasteiger partial charge in [-0.3, -0.25) is 4.79 Å². The maximum absolute atomic E-state index is 13.1. The molecule has 1 amide bonds. The molecule has 0 radical (unpaired) electrons. The van der Waals surface area contributed by atoms with E-state index in [1.165, 1.54) is 19.2 Å². The summed E-state index contributed by atoms with van der Waals surface area (Å²) in [6.07, 6.45) is 0.341. The second-order valence-corrected chi connectivity index (χ2v) is 7.45. The van der Waals surface area contributed by atoms with E-state index in [2.05, 4.69) is 11.4 Å². The maximum Gasteiger partial charge on any atom is 0.328 e. The SMILES string of the molecule is COC(=O)[C@H](Cc1c2ccccc2cc2ccccc12)NC(=O)Cc1ccc(F)cc1. The highest BCUT2D eigenvalue weighted by atomic mass is 19.1. The Balaban J connectivity index is 1.66. The fourth-order valence-corrected chi connectivity index (χ4v) is 3.90. The minimum atomic E-state index is -0.841. The number of hydrogen-bond donors (Lipinski definition) is 1. The largest absolute Gasteiger partial charge is 0.467 e. The smallest absolute Gasteiger partial charge is 0.328 e. The predicted octanol–water partition coefficient (Wildman–Crippen LogP) is 4.58. The van der Waals surface area contributed by atoms with Gasteiger partial charge >= 0.3 is 5.97 Å². The van der Waals surface area contributed by atoms with Gasteiger partial charge in [0.1, 0.15) is 11.9 Å². The van der Waals surface area contributed by atoms with Crippen LogP contribution in [0.4, 0.5) is 4.39 Å². The van der Waals surface area contributed by atoms with E-state index in [0.29, 0.717) is 12.0 Å². The Bertz CT molecular complexity index is 1200. The molecule has 0 unspecified atom stereocenters. The number of hydrogen-bond acceptors (Lipinski definition) is 3. The molecule has 0 fully saturated rings. The summed E-state index contributed by atoms with van der Waals surface area (Å²) in [7, 11) is 1.31. The highest BCUT2D eigenvalue weighted by Crippen LogP contribution is 2.29. The molecule has 0 spiro atoms. The molecule has 4 rings (SSSR count). The molecule has 31 heavy (non-hydrogen) atoms. The Labute approximate surface area is 179 Å². The first kappa shape index (κ1) is 20.5. The molecule has 0 aromatic heterocycles. The lowest BCUT2D eigenvalue weighted by Gasteiger charge is -2.19. The van der Waals surface area contributed by atoms with Crippen LogP contribution < -0.4 is 5.32 Å². The highest BCUT2D eigenvalue weighted by Gasteiger charge is 2.24. The normalized spacial score (nSPS) is 11.9. The Kier molecular flexibility index (Phi) is 5.94. The van der Waals surface area contributed by atoms with E-state index in [9.17, 15) is 14.0 Å². The van der Waals surface area contributed by atoms with Gasteiger partial charge in [0.05, 0.1) is 13.5 Å². The average Bonchev–Trinajstić information content (AvgIpc) is 2.79. The van der Waals surface area contributed by atoms with Gasteiger partial charge in [-0.15, -0.1) is 0 Å². The fraction of sp³-hybridized carbons (Fsp3) is 0.154. The van der Waals surface area contributed by atoms with Crippen molar-refractivity contribution in [2.45, 2.75) is 18.9 Å². The number of rotatable bonds is 6. The predicted molar refractivity (Wildman–Crippen MR) is 119 cm³/mol. The van der Waals surface area contributed by atoms with Gasteiger partial charge in [0.25, 0.3) is 0 Å². The summed E-state index contributed by atoms with van der Waals surface area (Å²) in [6, 6.07) is 23.0. The molecule has 0 aliphatic rings. The number of carbonyl (C=O) groups excluding carboxylic acids is 2. The third-order valence-electron chi connectivity index (χ3n) is 5.39. The van der Waals surface area contributed by atoms with Crippen LogP contribution in [0.25, 0.3) is 21.5 Å². The van der Waals surface area contributed by atoms with Crippen LogP contribution in [-0.2, 0) is 27.2 Å². The summed E-state index contributed by atoms with van der Waals surface area (Å²) >= 11 is 0. The van der Waals surface area contributed by atoms with Crippen LogP contribution >= 0.6 is 0 Å². The fourth-order valence-electron chi connectivity index (χ4n) is 3.90. The van der Waals surface area contributed by atoms with Gasteiger partial charge in [-0.25, -0.2) is 9.18 Å². The molecule has 0 saturated carbocycles. The average molecular weight is 415 g/mol. The van der Waals surface area contributed by atoms with Gasteiger partial charge in [0, 0.05) is 6.42 Å². The summed E-state index contributed by atoms with van der Waals surface area (Å²) in [5.41, 5.74) is 1.64. The second kappa shape index (κ2) is 8.96. The molecule has 4 aromatic rings. The van der Waals surface area contributed by atoms with Gasteiger partial charge < -0.3 is 10.1 Å². The van der Waals surface area contributed by atoms with E-state index in [0.717, 1.165) is 27.1 Å². The Morgan fingerprint density at radius 3 is 2.06 bits per heavy atom. The van der Waals surface area contributed by atoms with Crippen molar-refractivity contribution in [1.29, 1.82) is 0 Å². The molecule has 0 bridgehead atoms. The zero-order chi connectivity index (χ0) is 21.8. The molecular weight excluding hydrogens is 393 g/mol. The summed E-state index contributed by atoms with van der Waals surface area (Å²) in [4.78, 5) is 25.2.